The summed E-state index contributed by atoms with van der Waals surface area (Å²) in [5.41, 5.74) is 3.60. The van der Waals surface area contributed by atoms with Gasteiger partial charge in [-0.15, -0.1) is 0 Å². The van der Waals surface area contributed by atoms with Gasteiger partial charge < -0.3 is 4.98 Å². The lowest BCUT2D eigenvalue weighted by Gasteiger charge is -2.15. The summed E-state index contributed by atoms with van der Waals surface area (Å²) in [4.78, 5) is 8.05. The minimum absolute atomic E-state index is 0.589. The molecule has 0 aliphatic heterocycles. The molecule has 0 spiro atoms. The molecule has 15 heavy (non-hydrogen) atoms. The van der Waals surface area contributed by atoms with Gasteiger partial charge in [-0.3, -0.25) is 5.10 Å². The van der Waals surface area contributed by atoms with Crippen LogP contribution in [0.2, 0.25) is 0 Å². The van der Waals surface area contributed by atoms with Crippen LogP contribution in [0.3, 0.4) is 0 Å². The Morgan fingerprint density at radius 2 is 2.40 bits per heavy atom. The molecule has 3 rings (SSSR count). The normalized spacial score (nSPS) is 20.2. The minimum Gasteiger partial charge on any atom is -0.342 e. The molecular formula is C11H14N4. The van der Waals surface area contributed by atoms with Crippen LogP contribution in [-0.2, 0) is 6.42 Å². The van der Waals surface area contributed by atoms with Gasteiger partial charge in [0.25, 0.3) is 0 Å². The molecule has 0 fully saturated rings. The Hall–Kier alpha value is -1.58. The predicted octanol–water partition coefficient (Wildman–Crippen LogP) is 2.24. The second-order valence-corrected chi connectivity index (χ2v) is 4.23. The van der Waals surface area contributed by atoms with E-state index in [9.17, 15) is 0 Å². The van der Waals surface area contributed by atoms with Gasteiger partial charge in [0.2, 0.25) is 0 Å². The number of hydrogen-bond acceptors (Lipinski definition) is 2. The van der Waals surface area contributed by atoms with E-state index in [1.807, 2.05) is 6.20 Å². The van der Waals surface area contributed by atoms with Crippen molar-refractivity contribution < 1.29 is 0 Å². The van der Waals surface area contributed by atoms with E-state index in [0.717, 1.165) is 17.8 Å². The van der Waals surface area contributed by atoms with Gasteiger partial charge in [0, 0.05) is 17.8 Å². The van der Waals surface area contributed by atoms with Gasteiger partial charge in [0.15, 0.2) is 0 Å². The molecule has 0 amide bonds. The highest BCUT2D eigenvalue weighted by atomic mass is 15.1. The van der Waals surface area contributed by atoms with E-state index in [4.69, 9.17) is 0 Å². The fourth-order valence-corrected chi connectivity index (χ4v) is 2.26. The fraction of sp³-hybridized carbons (Fsp3) is 0.455. The first-order valence-electron chi connectivity index (χ1n) is 5.42. The van der Waals surface area contributed by atoms with Crippen LogP contribution in [0, 0.1) is 0 Å². The Morgan fingerprint density at radius 1 is 1.47 bits per heavy atom. The van der Waals surface area contributed by atoms with Gasteiger partial charge >= 0.3 is 0 Å². The molecule has 0 radical (unpaired) electrons. The number of nitrogens with zero attached hydrogens (tertiary/aromatic N) is 2. The quantitative estimate of drug-likeness (QED) is 0.745. The van der Waals surface area contributed by atoms with E-state index in [1.165, 1.54) is 24.2 Å². The number of rotatable bonds is 1. The first kappa shape index (κ1) is 8.71. The Morgan fingerprint density at radius 3 is 3.13 bits per heavy atom. The van der Waals surface area contributed by atoms with Gasteiger partial charge in [-0.05, 0) is 19.3 Å². The molecule has 2 aromatic rings. The largest absolute Gasteiger partial charge is 0.342 e. The van der Waals surface area contributed by atoms with Crippen LogP contribution < -0.4 is 0 Å². The number of fused-ring (bicyclic) bond motifs is 1. The van der Waals surface area contributed by atoms with Crippen LogP contribution in [0.5, 0.6) is 0 Å². The number of H-pyrrole nitrogens is 2. The Labute approximate surface area is 88.1 Å². The van der Waals surface area contributed by atoms with Crippen molar-refractivity contribution in [3.63, 3.8) is 0 Å². The Balaban J connectivity index is 2.06. The number of imidazole rings is 1. The zero-order valence-electron chi connectivity index (χ0n) is 8.75. The molecule has 4 nitrogen and oxygen atoms in total. The van der Waals surface area contributed by atoms with E-state index in [-0.39, 0.29) is 0 Å². The Kier molecular flexibility index (Phi) is 1.87. The zero-order chi connectivity index (χ0) is 10.3. The average Bonchev–Trinajstić information content (AvgIpc) is 2.86. The van der Waals surface area contributed by atoms with Crippen molar-refractivity contribution in [2.45, 2.75) is 32.1 Å². The third kappa shape index (κ3) is 1.37. The van der Waals surface area contributed by atoms with Crippen LogP contribution in [0.4, 0.5) is 0 Å². The van der Waals surface area contributed by atoms with Crippen LogP contribution in [0.15, 0.2) is 12.4 Å². The number of aromatic nitrogens is 4. The predicted molar refractivity (Wildman–Crippen MR) is 57.5 cm³/mol. The average molecular weight is 202 g/mol. The molecule has 1 aliphatic rings. The monoisotopic (exact) mass is 202 g/mol. The van der Waals surface area contributed by atoms with Crippen LogP contribution in [0.1, 0.15) is 37.1 Å². The zero-order valence-corrected chi connectivity index (χ0v) is 8.75. The first-order chi connectivity index (χ1) is 7.34. The van der Waals surface area contributed by atoms with Crippen molar-refractivity contribution in [1.82, 2.24) is 20.2 Å². The van der Waals surface area contributed by atoms with E-state index >= 15 is 0 Å². The summed E-state index contributed by atoms with van der Waals surface area (Å²) in [5.74, 6) is 1.54. The molecular weight excluding hydrogens is 188 g/mol. The molecule has 0 saturated carbocycles. The van der Waals surface area contributed by atoms with Crippen molar-refractivity contribution in [3.8, 4) is 11.4 Å². The second-order valence-electron chi connectivity index (χ2n) is 4.23. The van der Waals surface area contributed by atoms with Gasteiger partial charge in [-0.25, -0.2) is 4.98 Å². The summed E-state index contributed by atoms with van der Waals surface area (Å²) in [6.07, 6.45) is 7.32. The fourth-order valence-electron chi connectivity index (χ4n) is 2.26. The Bertz CT molecular complexity index is 455. The molecule has 0 bridgehead atoms. The molecule has 2 aromatic heterocycles. The first-order valence-corrected chi connectivity index (χ1v) is 5.42. The van der Waals surface area contributed by atoms with Gasteiger partial charge in [0.1, 0.15) is 5.82 Å². The summed E-state index contributed by atoms with van der Waals surface area (Å²) in [7, 11) is 0. The van der Waals surface area contributed by atoms with Crippen LogP contribution >= 0.6 is 0 Å². The van der Waals surface area contributed by atoms with Crippen molar-refractivity contribution in [2.24, 2.45) is 0 Å². The lowest BCUT2D eigenvalue weighted by Crippen LogP contribution is -2.05. The SMILES string of the molecule is CC1CCCc2[nH]c(-c3cn[nH]c3)nc21. The van der Waals surface area contributed by atoms with E-state index in [2.05, 4.69) is 27.1 Å². The van der Waals surface area contributed by atoms with Crippen molar-refractivity contribution in [1.29, 1.82) is 0 Å². The smallest absolute Gasteiger partial charge is 0.141 e. The maximum Gasteiger partial charge on any atom is 0.141 e. The minimum atomic E-state index is 0.589. The lowest BCUT2D eigenvalue weighted by molar-refractivity contribution is 0.574. The summed E-state index contributed by atoms with van der Waals surface area (Å²) in [6, 6.07) is 0. The molecule has 1 unspecified atom stereocenters. The van der Waals surface area contributed by atoms with Gasteiger partial charge in [-0.1, -0.05) is 6.92 Å². The summed E-state index contributed by atoms with van der Waals surface area (Å²) < 4.78 is 0. The third-order valence-electron chi connectivity index (χ3n) is 3.11. The maximum atomic E-state index is 4.66. The van der Waals surface area contributed by atoms with E-state index < -0.39 is 0 Å². The summed E-state index contributed by atoms with van der Waals surface area (Å²) in [6.45, 7) is 2.25. The molecule has 0 saturated heterocycles. The number of nitrogens with one attached hydrogen (secondary N) is 2. The molecule has 1 aliphatic carbocycles. The lowest BCUT2D eigenvalue weighted by atomic mass is 9.92. The van der Waals surface area contributed by atoms with Crippen LogP contribution in [-0.4, -0.2) is 20.2 Å². The topological polar surface area (TPSA) is 57.4 Å². The van der Waals surface area contributed by atoms with Gasteiger partial charge in [0.05, 0.1) is 17.5 Å². The standard InChI is InChI=1S/C11H14N4/c1-7-3-2-4-9-10(7)15-11(14-9)8-5-12-13-6-8/h5-7H,2-4H2,1H3,(H,12,13)(H,14,15). The molecule has 2 heterocycles. The second kappa shape index (κ2) is 3.22. The highest BCUT2D eigenvalue weighted by Gasteiger charge is 2.21. The number of aromatic amines is 2. The molecule has 78 valence electrons. The molecule has 4 heteroatoms. The highest BCUT2D eigenvalue weighted by molar-refractivity contribution is 5.53. The van der Waals surface area contributed by atoms with Gasteiger partial charge in [-0.2, -0.15) is 5.10 Å². The number of aryl methyl sites for hydroxylation is 1. The molecule has 2 N–H and O–H groups in total. The maximum absolute atomic E-state index is 4.66. The van der Waals surface area contributed by atoms with Crippen molar-refractivity contribution >= 4 is 0 Å². The highest BCUT2D eigenvalue weighted by Crippen LogP contribution is 2.31. The van der Waals surface area contributed by atoms with E-state index in [1.54, 1.807) is 6.20 Å². The van der Waals surface area contributed by atoms with Crippen molar-refractivity contribution in [3.05, 3.63) is 23.8 Å². The van der Waals surface area contributed by atoms with E-state index in [0.29, 0.717) is 5.92 Å². The molecule has 1 atom stereocenters. The molecule has 0 aromatic carbocycles. The third-order valence-corrected chi connectivity index (χ3v) is 3.11. The number of hydrogen-bond donors (Lipinski definition) is 2. The van der Waals surface area contributed by atoms with Crippen LogP contribution in [0.25, 0.3) is 11.4 Å². The van der Waals surface area contributed by atoms with Crippen molar-refractivity contribution in [2.75, 3.05) is 0 Å². The summed E-state index contributed by atoms with van der Waals surface area (Å²) >= 11 is 0. The summed E-state index contributed by atoms with van der Waals surface area (Å²) in [5, 5.41) is 6.75.